The first kappa shape index (κ1) is 10.3. The Kier molecular flexibility index (Phi) is 2.93. The first-order chi connectivity index (χ1) is 7.79. The van der Waals surface area contributed by atoms with Gasteiger partial charge in [-0.15, -0.1) is 0 Å². The summed E-state index contributed by atoms with van der Waals surface area (Å²) in [5.41, 5.74) is 1.17. The number of nitrogens with zero attached hydrogens (tertiary/aromatic N) is 2. The molecule has 2 rings (SSSR count). The van der Waals surface area contributed by atoms with Gasteiger partial charge in [0.2, 0.25) is 0 Å². The number of hydrogen-bond acceptors (Lipinski definition) is 3. The Hall–Kier alpha value is -2.20. The first-order valence-electron chi connectivity index (χ1n) is 4.83. The summed E-state index contributed by atoms with van der Waals surface area (Å²) < 4.78 is 0. The van der Waals surface area contributed by atoms with Crippen molar-refractivity contribution in [1.29, 1.82) is 0 Å². The highest BCUT2D eigenvalue weighted by Crippen LogP contribution is 2.12. The highest BCUT2D eigenvalue weighted by Gasteiger charge is 2.12. The Balaban J connectivity index is 2.24. The highest BCUT2D eigenvalue weighted by molar-refractivity contribution is 6.05. The standard InChI is InChI=1S/C12H11N3O/c13-15(11-4-2-1-3-5-11)12(16)10-6-8-14-9-7-10/h1-9H,13H2. The van der Waals surface area contributed by atoms with Gasteiger partial charge in [-0.3, -0.25) is 9.78 Å². The van der Waals surface area contributed by atoms with Crippen molar-refractivity contribution < 1.29 is 4.79 Å². The fraction of sp³-hybridized carbons (Fsp3) is 0. The van der Waals surface area contributed by atoms with Crippen LogP contribution in [0.5, 0.6) is 0 Å². The molecule has 0 aliphatic heterocycles. The maximum Gasteiger partial charge on any atom is 0.272 e. The summed E-state index contributed by atoms with van der Waals surface area (Å²) in [5.74, 6) is 5.48. The number of nitrogens with two attached hydrogens (primary N) is 1. The maximum absolute atomic E-state index is 11.9. The van der Waals surface area contributed by atoms with Gasteiger partial charge < -0.3 is 0 Å². The van der Waals surface area contributed by atoms with Crippen LogP contribution in [-0.4, -0.2) is 10.9 Å². The minimum Gasteiger partial charge on any atom is -0.267 e. The van der Waals surface area contributed by atoms with Gasteiger partial charge in [-0.25, -0.2) is 10.9 Å². The predicted molar refractivity (Wildman–Crippen MR) is 61.7 cm³/mol. The summed E-state index contributed by atoms with van der Waals surface area (Å²) in [7, 11) is 0. The first-order valence-corrected chi connectivity index (χ1v) is 4.83. The molecule has 4 nitrogen and oxygen atoms in total. The summed E-state index contributed by atoms with van der Waals surface area (Å²) in [6.07, 6.45) is 3.12. The van der Waals surface area contributed by atoms with E-state index in [1.54, 1.807) is 36.7 Å². The fourth-order valence-electron chi connectivity index (χ4n) is 1.34. The summed E-state index contributed by atoms with van der Waals surface area (Å²) >= 11 is 0. The second kappa shape index (κ2) is 4.55. The molecule has 2 N–H and O–H groups in total. The molecule has 0 radical (unpaired) electrons. The van der Waals surface area contributed by atoms with E-state index in [1.807, 2.05) is 18.2 Å². The van der Waals surface area contributed by atoms with Crippen LogP contribution < -0.4 is 10.9 Å². The summed E-state index contributed by atoms with van der Waals surface area (Å²) in [4.78, 5) is 15.8. The van der Waals surface area contributed by atoms with Crippen LogP contribution in [0.1, 0.15) is 10.4 Å². The molecule has 0 aliphatic rings. The zero-order valence-electron chi connectivity index (χ0n) is 8.58. The van der Waals surface area contributed by atoms with Gasteiger partial charge in [-0.1, -0.05) is 18.2 Å². The van der Waals surface area contributed by atoms with Crippen molar-refractivity contribution in [3.8, 4) is 0 Å². The van der Waals surface area contributed by atoms with E-state index in [0.717, 1.165) is 5.01 Å². The van der Waals surface area contributed by atoms with Crippen molar-refractivity contribution >= 4 is 11.6 Å². The van der Waals surface area contributed by atoms with Crippen LogP contribution in [0.25, 0.3) is 0 Å². The Bertz CT molecular complexity index is 470. The van der Waals surface area contributed by atoms with Crippen LogP contribution >= 0.6 is 0 Å². The van der Waals surface area contributed by atoms with Gasteiger partial charge in [0.05, 0.1) is 5.69 Å². The molecule has 16 heavy (non-hydrogen) atoms. The maximum atomic E-state index is 11.9. The Morgan fingerprint density at radius 1 is 1.06 bits per heavy atom. The lowest BCUT2D eigenvalue weighted by atomic mass is 10.2. The number of benzene rings is 1. The van der Waals surface area contributed by atoms with Gasteiger partial charge in [0.15, 0.2) is 0 Å². The van der Waals surface area contributed by atoms with Crippen molar-refractivity contribution in [1.82, 2.24) is 4.98 Å². The summed E-state index contributed by atoms with van der Waals surface area (Å²) in [5, 5.41) is 1.12. The third-order valence-electron chi connectivity index (χ3n) is 2.18. The average molecular weight is 213 g/mol. The number of hydrogen-bond donors (Lipinski definition) is 1. The zero-order valence-corrected chi connectivity index (χ0v) is 8.58. The SMILES string of the molecule is NN(C(=O)c1ccncc1)c1ccccc1. The van der Waals surface area contributed by atoms with Gasteiger partial charge in [0, 0.05) is 18.0 Å². The molecule has 2 aromatic rings. The normalized spacial score (nSPS) is 9.81. The van der Waals surface area contributed by atoms with Crippen molar-refractivity contribution in [2.75, 3.05) is 5.01 Å². The number of amides is 1. The number of carbonyl (C=O) groups excluding carboxylic acids is 1. The third kappa shape index (κ3) is 2.07. The van der Waals surface area contributed by atoms with E-state index in [1.165, 1.54) is 0 Å². The molecule has 4 heteroatoms. The lowest BCUT2D eigenvalue weighted by Crippen LogP contribution is -2.37. The second-order valence-electron chi connectivity index (χ2n) is 3.25. The molecule has 1 aromatic heterocycles. The number of rotatable bonds is 2. The molecule has 1 heterocycles. The number of aromatic nitrogens is 1. The smallest absolute Gasteiger partial charge is 0.267 e. The van der Waals surface area contributed by atoms with Crippen molar-refractivity contribution in [2.24, 2.45) is 5.84 Å². The second-order valence-corrected chi connectivity index (χ2v) is 3.25. The quantitative estimate of drug-likeness (QED) is 0.468. The number of carbonyl (C=O) groups is 1. The van der Waals surface area contributed by atoms with E-state index in [2.05, 4.69) is 4.98 Å². The summed E-state index contributed by atoms with van der Waals surface area (Å²) in [6, 6.07) is 12.3. The summed E-state index contributed by atoms with van der Waals surface area (Å²) in [6.45, 7) is 0. The van der Waals surface area contributed by atoms with Crippen molar-refractivity contribution in [3.05, 3.63) is 60.4 Å². The molecule has 0 aliphatic carbocycles. The molecular formula is C12H11N3O. The van der Waals surface area contributed by atoms with E-state index < -0.39 is 0 Å². The Morgan fingerprint density at radius 2 is 1.69 bits per heavy atom. The monoisotopic (exact) mass is 213 g/mol. The molecule has 0 unspecified atom stereocenters. The lowest BCUT2D eigenvalue weighted by molar-refractivity contribution is 0.0987. The van der Waals surface area contributed by atoms with Gasteiger partial charge in [-0.2, -0.15) is 0 Å². The Morgan fingerprint density at radius 3 is 2.31 bits per heavy atom. The minimum absolute atomic E-state index is 0.256. The third-order valence-corrected chi connectivity index (χ3v) is 2.18. The Labute approximate surface area is 93.3 Å². The average Bonchev–Trinajstić information content (AvgIpc) is 2.39. The topological polar surface area (TPSA) is 59.2 Å². The molecule has 0 saturated carbocycles. The van der Waals surface area contributed by atoms with Crippen LogP contribution in [0.4, 0.5) is 5.69 Å². The van der Waals surface area contributed by atoms with Gasteiger partial charge in [0.25, 0.3) is 5.91 Å². The number of pyridine rings is 1. The lowest BCUT2D eigenvalue weighted by Gasteiger charge is -2.16. The molecule has 1 amide bonds. The van der Waals surface area contributed by atoms with Crippen LogP contribution in [-0.2, 0) is 0 Å². The van der Waals surface area contributed by atoms with Crippen LogP contribution in [0.2, 0.25) is 0 Å². The highest BCUT2D eigenvalue weighted by atomic mass is 16.2. The molecular weight excluding hydrogens is 202 g/mol. The number of hydrazine groups is 1. The van der Waals surface area contributed by atoms with E-state index in [4.69, 9.17) is 5.84 Å². The van der Waals surface area contributed by atoms with Crippen molar-refractivity contribution in [3.63, 3.8) is 0 Å². The fourth-order valence-corrected chi connectivity index (χ4v) is 1.34. The molecule has 0 atom stereocenters. The molecule has 0 bridgehead atoms. The van der Waals surface area contributed by atoms with Crippen LogP contribution in [0.3, 0.4) is 0 Å². The molecule has 0 saturated heterocycles. The van der Waals surface area contributed by atoms with E-state index >= 15 is 0 Å². The molecule has 0 spiro atoms. The van der Waals surface area contributed by atoms with Crippen LogP contribution in [0.15, 0.2) is 54.9 Å². The largest absolute Gasteiger partial charge is 0.272 e. The molecule has 1 aromatic carbocycles. The van der Waals surface area contributed by atoms with E-state index in [0.29, 0.717) is 11.3 Å². The minimum atomic E-state index is -0.256. The van der Waals surface area contributed by atoms with E-state index in [-0.39, 0.29) is 5.91 Å². The van der Waals surface area contributed by atoms with E-state index in [9.17, 15) is 4.79 Å². The van der Waals surface area contributed by atoms with Gasteiger partial charge in [-0.05, 0) is 24.3 Å². The number of anilines is 1. The molecule has 0 fully saturated rings. The number of para-hydroxylation sites is 1. The predicted octanol–water partition coefficient (Wildman–Crippen LogP) is 1.60. The van der Waals surface area contributed by atoms with Crippen molar-refractivity contribution in [2.45, 2.75) is 0 Å². The van der Waals surface area contributed by atoms with Gasteiger partial charge >= 0.3 is 0 Å². The van der Waals surface area contributed by atoms with Crippen LogP contribution in [0, 0.1) is 0 Å². The van der Waals surface area contributed by atoms with Gasteiger partial charge in [0.1, 0.15) is 0 Å². The zero-order chi connectivity index (χ0) is 11.4. The molecule has 80 valence electrons.